The molecule has 0 aromatic heterocycles. The summed E-state index contributed by atoms with van der Waals surface area (Å²) in [5.74, 6) is 1.12. The lowest BCUT2D eigenvalue weighted by Crippen LogP contribution is -2.09. The Morgan fingerprint density at radius 1 is 0.375 bits per heavy atom. The zero-order chi connectivity index (χ0) is 22.8. The Balaban J connectivity index is 0.000000181. The van der Waals surface area contributed by atoms with Crippen molar-refractivity contribution in [1.29, 1.82) is 0 Å². The van der Waals surface area contributed by atoms with Gasteiger partial charge in [-0.3, -0.25) is 0 Å². The smallest absolute Gasteiger partial charge is 0.109 e. The van der Waals surface area contributed by atoms with E-state index < -0.39 is 12.2 Å². The van der Waals surface area contributed by atoms with Gasteiger partial charge in [-0.2, -0.15) is 0 Å². The Morgan fingerprint density at radius 2 is 0.594 bits per heavy atom. The summed E-state index contributed by atoms with van der Waals surface area (Å²) in [7, 11) is 0. The molecule has 0 radical (unpaired) electrons. The van der Waals surface area contributed by atoms with Crippen molar-refractivity contribution in [2.75, 3.05) is 0 Å². The first-order chi connectivity index (χ1) is 15.6. The minimum Gasteiger partial charge on any atom is -0.385 e. The lowest BCUT2D eigenvalue weighted by Gasteiger charge is -2.20. The third-order valence-electron chi connectivity index (χ3n) is 5.98. The number of benzene rings is 4. The van der Waals surface area contributed by atoms with Crippen molar-refractivity contribution >= 4 is 0 Å². The van der Waals surface area contributed by atoms with Crippen LogP contribution in [0.3, 0.4) is 0 Å². The van der Waals surface area contributed by atoms with E-state index in [1.54, 1.807) is 24.3 Å². The lowest BCUT2D eigenvalue weighted by molar-refractivity contribution is 0.0172. The Morgan fingerprint density at radius 3 is 0.844 bits per heavy atom. The van der Waals surface area contributed by atoms with Gasteiger partial charge in [0.15, 0.2) is 0 Å². The summed E-state index contributed by atoms with van der Waals surface area (Å²) >= 11 is 0. The SMILES string of the molecule is C[C@@H](c1ccccc1)[C@@H](C)c1ccccc1.O[C@@H](c1ccccc1)[C@@H](O)c1ccccc1. The molecule has 4 atom stereocenters. The molecule has 2 heteroatoms. The predicted molar refractivity (Wildman–Crippen MR) is 133 cm³/mol. The van der Waals surface area contributed by atoms with Gasteiger partial charge in [0, 0.05) is 0 Å². The van der Waals surface area contributed by atoms with Crippen molar-refractivity contribution < 1.29 is 10.2 Å². The van der Waals surface area contributed by atoms with E-state index in [9.17, 15) is 10.2 Å². The van der Waals surface area contributed by atoms with E-state index in [4.69, 9.17) is 0 Å². The summed E-state index contributed by atoms with van der Waals surface area (Å²) in [4.78, 5) is 0. The molecule has 32 heavy (non-hydrogen) atoms. The fourth-order valence-corrected chi connectivity index (χ4v) is 3.76. The van der Waals surface area contributed by atoms with E-state index >= 15 is 0 Å². The molecule has 0 aliphatic heterocycles. The van der Waals surface area contributed by atoms with Gasteiger partial charge in [-0.25, -0.2) is 0 Å². The molecule has 0 spiro atoms. The van der Waals surface area contributed by atoms with Crippen molar-refractivity contribution in [3.63, 3.8) is 0 Å². The maximum atomic E-state index is 9.99. The second-order valence-electron chi connectivity index (χ2n) is 8.11. The van der Waals surface area contributed by atoms with E-state index in [2.05, 4.69) is 74.5 Å². The normalized spacial score (nSPS) is 14.4. The molecule has 2 nitrogen and oxygen atoms in total. The van der Waals surface area contributed by atoms with Gasteiger partial charge in [0.05, 0.1) is 0 Å². The zero-order valence-electron chi connectivity index (χ0n) is 18.8. The summed E-state index contributed by atoms with van der Waals surface area (Å²) in [6, 6.07) is 39.8. The number of rotatable bonds is 6. The summed E-state index contributed by atoms with van der Waals surface area (Å²) in [5, 5.41) is 20.0. The van der Waals surface area contributed by atoms with Crippen LogP contribution in [0.1, 0.15) is 60.1 Å². The third-order valence-corrected chi connectivity index (χ3v) is 5.98. The quantitative estimate of drug-likeness (QED) is 0.348. The molecule has 0 saturated carbocycles. The molecule has 0 fully saturated rings. The topological polar surface area (TPSA) is 40.5 Å². The van der Waals surface area contributed by atoms with Crippen LogP contribution in [0.2, 0.25) is 0 Å². The maximum absolute atomic E-state index is 9.99. The second-order valence-corrected chi connectivity index (χ2v) is 8.11. The fraction of sp³-hybridized carbons (Fsp3) is 0.200. The molecule has 4 aromatic carbocycles. The van der Waals surface area contributed by atoms with Crippen LogP contribution in [0.25, 0.3) is 0 Å². The van der Waals surface area contributed by atoms with Crippen LogP contribution in [0.15, 0.2) is 121 Å². The fourth-order valence-electron chi connectivity index (χ4n) is 3.76. The van der Waals surface area contributed by atoms with Gasteiger partial charge in [0.2, 0.25) is 0 Å². The van der Waals surface area contributed by atoms with E-state index in [1.807, 2.05) is 36.4 Å². The highest BCUT2D eigenvalue weighted by molar-refractivity contribution is 5.27. The standard InChI is InChI=1S/C16H18.C14H14O2/c1-13(15-9-5-3-6-10-15)14(2)16-11-7-4-8-12-16;15-13(11-7-3-1-4-8-11)14(16)12-9-5-2-6-10-12/h3-14H,1-2H3;1-10,13-16H/t2*13-,14-/m10/s1. The molecular weight excluding hydrogens is 392 g/mol. The highest BCUT2D eigenvalue weighted by atomic mass is 16.3. The Labute approximate surface area is 191 Å². The molecule has 4 rings (SSSR count). The van der Waals surface area contributed by atoms with E-state index in [0.717, 1.165) is 11.1 Å². The molecule has 0 aliphatic carbocycles. The third kappa shape index (κ3) is 6.40. The Bertz CT molecular complexity index is 843. The molecule has 164 valence electrons. The van der Waals surface area contributed by atoms with Gasteiger partial charge in [0.25, 0.3) is 0 Å². The Hall–Kier alpha value is -3.20. The van der Waals surface area contributed by atoms with Crippen LogP contribution in [-0.2, 0) is 0 Å². The summed E-state index contributed by atoms with van der Waals surface area (Å²) in [6.45, 7) is 4.60. The maximum Gasteiger partial charge on any atom is 0.109 e. The van der Waals surface area contributed by atoms with Gasteiger partial charge in [-0.1, -0.05) is 135 Å². The van der Waals surface area contributed by atoms with E-state index in [0.29, 0.717) is 11.8 Å². The van der Waals surface area contributed by atoms with Crippen molar-refractivity contribution in [1.82, 2.24) is 0 Å². The van der Waals surface area contributed by atoms with Crippen molar-refractivity contribution in [3.8, 4) is 0 Å². The molecule has 0 saturated heterocycles. The average molecular weight is 425 g/mol. The second kappa shape index (κ2) is 12.0. The largest absolute Gasteiger partial charge is 0.385 e. The van der Waals surface area contributed by atoms with Gasteiger partial charge in [-0.15, -0.1) is 0 Å². The molecule has 0 unspecified atom stereocenters. The predicted octanol–water partition coefficient (Wildman–Crippen LogP) is 7.05. The molecule has 0 aliphatic rings. The summed E-state index contributed by atoms with van der Waals surface area (Å²) in [5.41, 5.74) is 4.27. The van der Waals surface area contributed by atoms with Gasteiger partial charge in [0.1, 0.15) is 12.2 Å². The molecular formula is C30H32O2. The van der Waals surface area contributed by atoms with Crippen molar-refractivity contribution in [3.05, 3.63) is 144 Å². The van der Waals surface area contributed by atoms with Crippen LogP contribution in [0.5, 0.6) is 0 Å². The summed E-state index contributed by atoms with van der Waals surface area (Å²) < 4.78 is 0. The van der Waals surface area contributed by atoms with Crippen LogP contribution in [0.4, 0.5) is 0 Å². The minimum absolute atomic E-state index is 0.559. The minimum atomic E-state index is -0.886. The molecule has 4 aromatic rings. The van der Waals surface area contributed by atoms with Gasteiger partial charge >= 0.3 is 0 Å². The number of aliphatic hydroxyl groups is 2. The van der Waals surface area contributed by atoms with Crippen molar-refractivity contribution in [2.45, 2.75) is 37.9 Å². The first-order valence-electron chi connectivity index (χ1n) is 11.1. The average Bonchev–Trinajstić information content (AvgIpc) is 2.89. The molecule has 0 amide bonds. The number of hydrogen-bond acceptors (Lipinski definition) is 2. The highest BCUT2D eigenvalue weighted by Crippen LogP contribution is 2.31. The van der Waals surface area contributed by atoms with Crippen LogP contribution in [-0.4, -0.2) is 10.2 Å². The lowest BCUT2D eigenvalue weighted by atomic mass is 9.84. The van der Waals surface area contributed by atoms with Gasteiger partial charge in [-0.05, 0) is 34.1 Å². The van der Waals surface area contributed by atoms with Crippen molar-refractivity contribution in [2.24, 2.45) is 0 Å². The molecule has 2 N–H and O–H groups in total. The summed E-state index contributed by atoms with van der Waals surface area (Å²) in [6.07, 6.45) is -1.77. The Kier molecular flexibility index (Phi) is 8.79. The monoisotopic (exact) mass is 424 g/mol. The first kappa shape index (κ1) is 23.5. The van der Waals surface area contributed by atoms with Crippen LogP contribution in [0, 0.1) is 0 Å². The van der Waals surface area contributed by atoms with Crippen LogP contribution < -0.4 is 0 Å². The first-order valence-corrected chi connectivity index (χ1v) is 11.1. The highest BCUT2D eigenvalue weighted by Gasteiger charge is 2.19. The van der Waals surface area contributed by atoms with E-state index in [-0.39, 0.29) is 0 Å². The van der Waals surface area contributed by atoms with E-state index in [1.165, 1.54) is 11.1 Å². The molecule has 0 heterocycles. The zero-order valence-corrected chi connectivity index (χ0v) is 18.8. The molecule has 0 bridgehead atoms. The van der Waals surface area contributed by atoms with Gasteiger partial charge < -0.3 is 10.2 Å². The number of hydrogen-bond donors (Lipinski definition) is 2. The van der Waals surface area contributed by atoms with Crippen LogP contribution >= 0.6 is 0 Å². The number of aliphatic hydroxyl groups excluding tert-OH is 2.